The molecule has 0 heterocycles. The number of halogens is 1. The lowest BCUT2D eigenvalue weighted by Crippen LogP contribution is -2.29. The van der Waals surface area contributed by atoms with Gasteiger partial charge in [-0.2, -0.15) is 0 Å². The predicted octanol–water partition coefficient (Wildman–Crippen LogP) is 3.80. The van der Waals surface area contributed by atoms with Gasteiger partial charge in [-0.3, -0.25) is 0 Å². The van der Waals surface area contributed by atoms with Crippen molar-refractivity contribution < 1.29 is 4.74 Å². The van der Waals surface area contributed by atoms with Crippen molar-refractivity contribution in [1.29, 1.82) is 0 Å². The molecule has 0 aromatic heterocycles. The minimum atomic E-state index is 0.00981. The van der Waals surface area contributed by atoms with Crippen LogP contribution in [-0.4, -0.2) is 12.1 Å². The van der Waals surface area contributed by atoms with Gasteiger partial charge < -0.3 is 10.5 Å². The Morgan fingerprint density at radius 2 is 2.06 bits per heavy atom. The second kappa shape index (κ2) is 5.98. The molecule has 1 saturated carbocycles. The molecule has 1 aliphatic rings. The maximum atomic E-state index is 6.17. The molecule has 17 heavy (non-hydrogen) atoms. The summed E-state index contributed by atoms with van der Waals surface area (Å²) < 4.78 is 7.25. The molecule has 2 rings (SSSR count). The normalized spacial score (nSPS) is 20.4. The van der Waals surface area contributed by atoms with Gasteiger partial charge in [-0.1, -0.05) is 40.9 Å². The monoisotopic (exact) mass is 297 g/mol. The molecule has 0 aliphatic heterocycles. The zero-order valence-corrected chi connectivity index (χ0v) is 11.8. The highest BCUT2D eigenvalue weighted by atomic mass is 79.9. The third-order valence-corrected chi connectivity index (χ3v) is 3.79. The molecule has 0 radical (unpaired) electrons. The van der Waals surface area contributed by atoms with Crippen LogP contribution in [0.3, 0.4) is 0 Å². The number of hydrogen-bond acceptors (Lipinski definition) is 2. The van der Waals surface area contributed by atoms with E-state index >= 15 is 0 Å². The molecule has 1 aliphatic carbocycles. The van der Waals surface area contributed by atoms with Gasteiger partial charge in [-0.25, -0.2) is 0 Å². The van der Waals surface area contributed by atoms with Gasteiger partial charge in [-0.05, 0) is 37.5 Å². The average molecular weight is 298 g/mol. The molecule has 0 amide bonds. The fourth-order valence-electron chi connectivity index (χ4n) is 2.42. The molecule has 3 heteroatoms. The minimum absolute atomic E-state index is 0.00981. The first-order chi connectivity index (χ1) is 8.16. The topological polar surface area (TPSA) is 35.2 Å². The van der Waals surface area contributed by atoms with E-state index in [1.165, 1.54) is 31.2 Å². The summed E-state index contributed by atoms with van der Waals surface area (Å²) in [7, 11) is 0. The van der Waals surface area contributed by atoms with Crippen molar-refractivity contribution >= 4 is 15.9 Å². The third-order valence-electron chi connectivity index (χ3n) is 3.30. The van der Waals surface area contributed by atoms with E-state index in [2.05, 4.69) is 28.1 Å². The number of hydrogen-bond donors (Lipinski definition) is 1. The Morgan fingerprint density at radius 1 is 1.35 bits per heavy atom. The highest BCUT2D eigenvalue weighted by molar-refractivity contribution is 9.10. The Bertz CT molecular complexity index is 361. The molecule has 0 saturated heterocycles. The van der Waals surface area contributed by atoms with Crippen molar-refractivity contribution in [2.45, 2.75) is 50.9 Å². The standard InChI is InChI=1S/C14H20BrNO/c1-10(16)14(17-13-7-2-3-8-13)11-5-4-6-12(15)9-11/h4-6,9-10,13-14H,2-3,7-8,16H2,1H3. The second-order valence-electron chi connectivity index (χ2n) is 4.88. The second-order valence-corrected chi connectivity index (χ2v) is 5.79. The van der Waals surface area contributed by atoms with Crippen LogP contribution in [0.25, 0.3) is 0 Å². The van der Waals surface area contributed by atoms with Crippen LogP contribution in [0.5, 0.6) is 0 Å². The zero-order chi connectivity index (χ0) is 12.3. The Morgan fingerprint density at radius 3 is 2.65 bits per heavy atom. The molecular weight excluding hydrogens is 278 g/mol. The Balaban J connectivity index is 2.10. The van der Waals surface area contributed by atoms with Crippen LogP contribution in [0.4, 0.5) is 0 Å². The van der Waals surface area contributed by atoms with E-state index in [0.717, 1.165) is 4.47 Å². The summed E-state index contributed by atoms with van der Waals surface area (Å²) in [5.74, 6) is 0. The van der Waals surface area contributed by atoms with Gasteiger partial charge in [0.1, 0.15) is 0 Å². The number of ether oxygens (including phenoxy) is 1. The maximum Gasteiger partial charge on any atom is 0.0977 e. The van der Waals surface area contributed by atoms with Gasteiger partial charge in [-0.15, -0.1) is 0 Å². The first-order valence-electron chi connectivity index (χ1n) is 6.33. The largest absolute Gasteiger partial charge is 0.369 e. The molecular formula is C14H20BrNO. The molecule has 2 nitrogen and oxygen atoms in total. The zero-order valence-electron chi connectivity index (χ0n) is 10.2. The fraction of sp³-hybridized carbons (Fsp3) is 0.571. The molecule has 2 unspecified atom stereocenters. The SMILES string of the molecule is CC(N)C(OC1CCCC1)c1cccc(Br)c1. The average Bonchev–Trinajstić information content (AvgIpc) is 2.78. The summed E-state index contributed by atoms with van der Waals surface area (Å²) >= 11 is 3.50. The van der Waals surface area contributed by atoms with Crippen molar-refractivity contribution in [1.82, 2.24) is 0 Å². The predicted molar refractivity (Wildman–Crippen MR) is 73.9 cm³/mol. The molecule has 94 valence electrons. The van der Waals surface area contributed by atoms with Crippen LogP contribution in [0.1, 0.15) is 44.3 Å². The molecule has 1 aromatic carbocycles. The van der Waals surface area contributed by atoms with Crippen LogP contribution in [0.2, 0.25) is 0 Å². The van der Waals surface area contributed by atoms with Crippen LogP contribution in [0, 0.1) is 0 Å². The molecule has 2 atom stereocenters. The summed E-state index contributed by atoms with van der Waals surface area (Å²) in [6.45, 7) is 2.01. The van der Waals surface area contributed by atoms with Gasteiger partial charge in [0.15, 0.2) is 0 Å². The van der Waals surface area contributed by atoms with Crippen molar-refractivity contribution in [3.8, 4) is 0 Å². The van der Waals surface area contributed by atoms with E-state index in [4.69, 9.17) is 10.5 Å². The lowest BCUT2D eigenvalue weighted by atomic mass is 10.0. The van der Waals surface area contributed by atoms with Crippen molar-refractivity contribution in [2.75, 3.05) is 0 Å². The Hall–Kier alpha value is -0.380. The number of rotatable bonds is 4. The van der Waals surface area contributed by atoms with Crippen LogP contribution in [-0.2, 0) is 4.74 Å². The van der Waals surface area contributed by atoms with Gasteiger partial charge in [0.2, 0.25) is 0 Å². The van der Waals surface area contributed by atoms with E-state index < -0.39 is 0 Å². The number of nitrogens with two attached hydrogens (primary N) is 1. The summed E-state index contributed by atoms with van der Waals surface area (Å²) in [5.41, 5.74) is 7.22. The molecule has 0 spiro atoms. The maximum absolute atomic E-state index is 6.17. The van der Waals surface area contributed by atoms with E-state index in [9.17, 15) is 0 Å². The lowest BCUT2D eigenvalue weighted by molar-refractivity contribution is -0.0202. The van der Waals surface area contributed by atoms with E-state index in [1.807, 2.05) is 19.1 Å². The molecule has 1 fully saturated rings. The molecule has 1 aromatic rings. The van der Waals surface area contributed by atoms with Crippen molar-refractivity contribution in [2.24, 2.45) is 5.73 Å². The van der Waals surface area contributed by atoms with Crippen LogP contribution >= 0.6 is 15.9 Å². The van der Waals surface area contributed by atoms with Gasteiger partial charge in [0.05, 0.1) is 12.2 Å². The summed E-state index contributed by atoms with van der Waals surface area (Å²) in [6, 6.07) is 8.27. The minimum Gasteiger partial charge on any atom is -0.369 e. The van der Waals surface area contributed by atoms with Crippen molar-refractivity contribution in [3.05, 3.63) is 34.3 Å². The quantitative estimate of drug-likeness (QED) is 0.917. The first-order valence-corrected chi connectivity index (χ1v) is 7.12. The Labute approximate surface area is 112 Å². The third kappa shape index (κ3) is 3.54. The van der Waals surface area contributed by atoms with Crippen LogP contribution < -0.4 is 5.73 Å². The Kier molecular flexibility index (Phi) is 4.60. The highest BCUT2D eigenvalue weighted by Gasteiger charge is 2.24. The smallest absolute Gasteiger partial charge is 0.0977 e. The van der Waals surface area contributed by atoms with E-state index in [-0.39, 0.29) is 12.1 Å². The van der Waals surface area contributed by atoms with E-state index in [0.29, 0.717) is 6.10 Å². The van der Waals surface area contributed by atoms with Gasteiger partial charge >= 0.3 is 0 Å². The molecule has 0 bridgehead atoms. The fourth-order valence-corrected chi connectivity index (χ4v) is 2.84. The van der Waals surface area contributed by atoms with E-state index in [1.54, 1.807) is 0 Å². The molecule has 2 N–H and O–H groups in total. The number of benzene rings is 1. The highest BCUT2D eigenvalue weighted by Crippen LogP contribution is 2.30. The van der Waals surface area contributed by atoms with Crippen molar-refractivity contribution in [3.63, 3.8) is 0 Å². The summed E-state index contributed by atoms with van der Waals surface area (Å²) in [5, 5.41) is 0. The van der Waals surface area contributed by atoms with Gasteiger partial charge in [0.25, 0.3) is 0 Å². The lowest BCUT2D eigenvalue weighted by Gasteiger charge is -2.25. The van der Waals surface area contributed by atoms with Crippen LogP contribution in [0.15, 0.2) is 28.7 Å². The first kappa shape index (κ1) is 13.1. The van der Waals surface area contributed by atoms with Gasteiger partial charge in [0, 0.05) is 10.5 Å². The summed E-state index contributed by atoms with van der Waals surface area (Å²) in [4.78, 5) is 0. The summed E-state index contributed by atoms with van der Waals surface area (Å²) in [6.07, 6.45) is 5.33.